The first kappa shape index (κ1) is 18.4. The molecule has 2 heterocycles. The number of fused-ring (bicyclic) bond motifs is 3. The standard InChI is InChI=1S/C21H20N4O2S/c1-3-6-14-9-11-15(12-10-14)18(26)13-28-21-23-22-20-24(2)19(27)16-7-4-5-8-17(16)25(20)21/h4-5,7-12H,3,6,13H2,1-2H3. The summed E-state index contributed by atoms with van der Waals surface area (Å²) in [5.74, 6) is 0.756. The second kappa shape index (κ2) is 7.59. The fraction of sp³-hybridized carbons (Fsp3) is 0.238. The third-order valence-electron chi connectivity index (χ3n) is 4.74. The molecule has 0 aliphatic carbocycles. The number of hydrogen-bond acceptors (Lipinski definition) is 5. The van der Waals surface area contributed by atoms with Crippen LogP contribution in [0.4, 0.5) is 0 Å². The first-order valence-electron chi connectivity index (χ1n) is 9.18. The lowest BCUT2D eigenvalue weighted by molar-refractivity contribution is 0.102. The minimum Gasteiger partial charge on any atom is -0.293 e. The second-order valence-corrected chi connectivity index (χ2v) is 7.60. The van der Waals surface area contributed by atoms with Crippen molar-refractivity contribution in [3.63, 3.8) is 0 Å². The number of benzene rings is 2. The number of para-hydroxylation sites is 1. The van der Waals surface area contributed by atoms with Crippen LogP contribution in [-0.4, -0.2) is 30.7 Å². The van der Waals surface area contributed by atoms with Gasteiger partial charge in [0.05, 0.1) is 16.7 Å². The van der Waals surface area contributed by atoms with Crippen LogP contribution in [0.2, 0.25) is 0 Å². The summed E-state index contributed by atoms with van der Waals surface area (Å²) >= 11 is 1.33. The summed E-state index contributed by atoms with van der Waals surface area (Å²) in [6.45, 7) is 2.14. The van der Waals surface area contributed by atoms with Gasteiger partial charge >= 0.3 is 0 Å². The summed E-state index contributed by atoms with van der Waals surface area (Å²) in [6, 6.07) is 15.1. The fourth-order valence-corrected chi connectivity index (χ4v) is 4.10. The van der Waals surface area contributed by atoms with E-state index in [0.717, 1.165) is 18.4 Å². The van der Waals surface area contributed by atoms with Crippen LogP contribution in [0.25, 0.3) is 16.7 Å². The maximum Gasteiger partial charge on any atom is 0.262 e. The Bertz CT molecular complexity index is 1230. The molecule has 0 unspecified atom stereocenters. The number of hydrogen-bond donors (Lipinski definition) is 0. The van der Waals surface area contributed by atoms with Gasteiger partial charge in [0.15, 0.2) is 10.9 Å². The van der Waals surface area contributed by atoms with Gasteiger partial charge in [0.2, 0.25) is 5.78 Å². The van der Waals surface area contributed by atoms with E-state index in [1.54, 1.807) is 13.1 Å². The Kier molecular flexibility index (Phi) is 5.00. The molecule has 7 heteroatoms. The second-order valence-electron chi connectivity index (χ2n) is 6.66. The Hall–Kier alpha value is -2.93. The molecular formula is C21H20N4O2S. The van der Waals surface area contributed by atoms with Crippen molar-refractivity contribution in [3.05, 3.63) is 70.0 Å². The van der Waals surface area contributed by atoms with E-state index in [0.29, 0.717) is 21.9 Å². The van der Waals surface area contributed by atoms with Gasteiger partial charge in [0, 0.05) is 12.6 Å². The summed E-state index contributed by atoms with van der Waals surface area (Å²) in [6.07, 6.45) is 2.10. The molecule has 0 N–H and O–H groups in total. The number of carbonyl (C=O) groups excluding carboxylic acids is 1. The van der Waals surface area contributed by atoms with E-state index in [9.17, 15) is 9.59 Å². The Balaban J connectivity index is 1.64. The number of thioether (sulfide) groups is 1. The molecule has 142 valence electrons. The van der Waals surface area contributed by atoms with E-state index >= 15 is 0 Å². The van der Waals surface area contributed by atoms with Crippen molar-refractivity contribution in [2.24, 2.45) is 7.05 Å². The van der Waals surface area contributed by atoms with Crippen LogP contribution in [0.3, 0.4) is 0 Å². The highest BCUT2D eigenvalue weighted by atomic mass is 32.2. The highest BCUT2D eigenvalue weighted by molar-refractivity contribution is 7.99. The predicted octanol–water partition coefficient (Wildman–Crippen LogP) is 3.51. The molecule has 0 aliphatic rings. The fourth-order valence-electron chi connectivity index (χ4n) is 3.26. The van der Waals surface area contributed by atoms with Crippen LogP contribution in [0.15, 0.2) is 58.5 Å². The molecular weight excluding hydrogens is 372 g/mol. The number of Topliss-reactive ketones (excluding diaryl/α,β-unsaturated/α-hetero) is 1. The van der Waals surface area contributed by atoms with Gasteiger partial charge in [-0.2, -0.15) is 0 Å². The number of aryl methyl sites for hydroxylation is 2. The number of nitrogens with zero attached hydrogens (tertiary/aromatic N) is 4. The molecule has 0 amide bonds. The molecule has 4 rings (SSSR count). The van der Waals surface area contributed by atoms with E-state index < -0.39 is 0 Å². The first-order valence-corrected chi connectivity index (χ1v) is 10.2. The van der Waals surface area contributed by atoms with E-state index in [-0.39, 0.29) is 17.1 Å². The Morgan fingerprint density at radius 2 is 1.82 bits per heavy atom. The smallest absolute Gasteiger partial charge is 0.262 e. The highest BCUT2D eigenvalue weighted by Crippen LogP contribution is 2.22. The number of aromatic nitrogens is 4. The van der Waals surface area contributed by atoms with Crippen LogP contribution in [0.5, 0.6) is 0 Å². The van der Waals surface area contributed by atoms with Crippen LogP contribution in [-0.2, 0) is 13.5 Å². The van der Waals surface area contributed by atoms with Gasteiger partial charge < -0.3 is 0 Å². The van der Waals surface area contributed by atoms with Crippen molar-refractivity contribution in [2.75, 3.05) is 5.75 Å². The van der Waals surface area contributed by atoms with E-state index in [4.69, 9.17) is 0 Å². The molecule has 0 fully saturated rings. The van der Waals surface area contributed by atoms with Crippen LogP contribution < -0.4 is 5.56 Å². The largest absolute Gasteiger partial charge is 0.293 e. The van der Waals surface area contributed by atoms with Crippen LogP contribution in [0, 0.1) is 0 Å². The highest BCUT2D eigenvalue weighted by Gasteiger charge is 2.16. The monoisotopic (exact) mass is 392 g/mol. The van der Waals surface area contributed by atoms with Gasteiger partial charge in [0.25, 0.3) is 5.56 Å². The van der Waals surface area contributed by atoms with Gasteiger partial charge in [-0.25, -0.2) is 0 Å². The van der Waals surface area contributed by atoms with Gasteiger partial charge in [-0.15, -0.1) is 10.2 Å². The minimum atomic E-state index is -0.115. The number of carbonyl (C=O) groups is 1. The molecule has 0 radical (unpaired) electrons. The number of rotatable bonds is 6. The lowest BCUT2D eigenvalue weighted by Gasteiger charge is -2.07. The van der Waals surface area contributed by atoms with Gasteiger partial charge in [-0.05, 0) is 24.1 Å². The molecule has 2 aromatic heterocycles. The Morgan fingerprint density at radius 3 is 2.57 bits per heavy atom. The molecule has 6 nitrogen and oxygen atoms in total. The van der Waals surface area contributed by atoms with Crippen LogP contribution >= 0.6 is 11.8 Å². The zero-order valence-corrected chi connectivity index (χ0v) is 16.6. The molecule has 0 saturated heterocycles. The zero-order chi connectivity index (χ0) is 19.7. The number of ketones is 1. The first-order chi connectivity index (χ1) is 13.6. The van der Waals surface area contributed by atoms with E-state index in [1.807, 2.05) is 46.9 Å². The average Bonchev–Trinajstić information content (AvgIpc) is 3.15. The zero-order valence-electron chi connectivity index (χ0n) is 15.8. The van der Waals surface area contributed by atoms with Crippen LogP contribution in [0.1, 0.15) is 29.3 Å². The molecule has 0 atom stereocenters. The SMILES string of the molecule is CCCc1ccc(C(=O)CSc2nnc3n(C)c(=O)c4ccccc4n23)cc1. The van der Waals surface area contributed by atoms with E-state index in [1.165, 1.54) is 21.9 Å². The molecule has 0 spiro atoms. The third-order valence-corrected chi connectivity index (χ3v) is 5.67. The van der Waals surface area contributed by atoms with Crippen molar-refractivity contribution in [1.82, 2.24) is 19.2 Å². The van der Waals surface area contributed by atoms with Gasteiger partial charge in [-0.1, -0.05) is 61.5 Å². The summed E-state index contributed by atoms with van der Waals surface area (Å²) in [4.78, 5) is 25.1. The Morgan fingerprint density at radius 1 is 1.07 bits per heavy atom. The van der Waals surface area contributed by atoms with Crippen molar-refractivity contribution < 1.29 is 4.79 Å². The maximum absolute atomic E-state index is 12.6. The van der Waals surface area contributed by atoms with Crippen molar-refractivity contribution in [2.45, 2.75) is 24.9 Å². The average molecular weight is 392 g/mol. The van der Waals surface area contributed by atoms with E-state index in [2.05, 4.69) is 17.1 Å². The normalized spacial score (nSPS) is 11.4. The lowest BCUT2D eigenvalue weighted by atomic mass is 10.1. The summed E-state index contributed by atoms with van der Waals surface area (Å²) < 4.78 is 3.31. The van der Waals surface area contributed by atoms with Crippen molar-refractivity contribution >= 4 is 34.2 Å². The summed E-state index contributed by atoms with van der Waals surface area (Å²) in [5, 5.41) is 9.56. The third kappa shape index (κ3) is 3.22. The quantitative estimate of drug-likeness (QED) is 0.371. The Labute approximate surface area is 166 Å². The molecule has 28 heavy (non-hydrogen) atoms. The van der Waals surface area contributed by atoms with Gasteiger partial charge in [-0.3, -0.25) is 18.6 Å². The molecule has 4 aromatic rings. The predicted molar refractivity (Wildman–Crippen MR) is 111 cm³/mol. The minimum absolute atomic E-state index is 0.0407. The molecule has 0 aliphatic heterocycles. The maximum atomic E-state index is 12.6. The summed E-state index contributed by atoms with van der Waals surface area (Å²) in [7, 11) is 1.68. The molecule has 2 aromatic carbocycles. The summed E-state index contributed by atoms with van der Waals surface area (Å²) in [5.41, 5.74) is 2.56. The lowest BCUT2D eigenvalue weighted by Crippen LogP contribution is -2.20. The molecule has 0 saturated carbocycles. The molecule has 0 bridgehead atoms. The van der Waals surface area contributed by atoms with Crippen molar-refractivity contribution in [3.8, 4) is 0 Å². The topological polar surface area (TPSA) is 69.3 Å². The van der Waals surface area contributed by atoms with Crippen molar-refractivity contribution in [1.29, 1.82) is 0 Å². The van der Waals surface area contributed by atoms with Gasteiger partial charge in [0.1, 0.15) is 0 Å².